The summed E-state index contributed by atoms with van der Waals surface area (Å²) >= 11 is 3.38. The summed E-state index contributed by atoms with van der Waals surface area (Å²) in [5, 5.41) is 8.01. The molecule has 0 bridgehead atoms. The topological polar surface area (TPSA) is 58.9 Å². The fraction of sp³-hybridized carbons (Fsp3) is 0. The quantitative estimate of drug-likeness (QED) is 0.736. The Hall–Kier alpha value is -1.88. The van der Waals surface area contributed by atoms with Crippen molar-refractivity contribution in [1.29, 1.82) is 0 Å². The predicted octanol–water partition coefficient (Wildman–Crippen LogP) is 3.40. The van der Waals surface area contributed by atoms with E-state index < -0.39 is 0 Å². The van der Waals surface area contributed by atoms with Gasteiger partial charge in [-0.1, -0.05) is 6.07 Å². The van der Waals surface area contributed by atoms with Gasteiger partial charge in [-0.2, -0.15) is 5.10 Å². The van der Waals surface area contributed by atoms with E-state index in [0.717, 1.165) is 21.1 Å². The molecule has 0 saturated heterocycles. The van der Waals surface area contributed by atoms with E-state index in [-0.39, 0.29) is 0 Å². The number of nitrogens with zero attached hydrogens (tertiary/aromatic N) is 1. The van der Waals surface area contributed by atoms with Gasteiger partial charge in [-0.15, -0.1) is 0 Å². The highest BCUT2D eigenvalue weighted by atomic mass is 79.9. The van der Waals surface area contributed by atoms with E-state index in [4.69, 9.17) is 4.42 Å². The van der Waals surface area contributed by atoms with Crippen molar-refractivity contribution in [2.24, 2.45) is 0 Å². The molecule has 0 unspecified atom stereocenters. The number of aldehydes is 1. The van der Waals surface area contributed by atoms with E-state index in [9.17, 15) is 4.79 Å². The number of carbonyl (C=O) groups excluding carboxylic acids is 1. The van der Waals surface area contributed by atoms with Crippen molar-refractivity contribution in [3.63, 3.8) is 0 Å². The lowest BCUT2D eigenvalue weighted by Crippen LogP contribution is -1.75. The molecule has 1 N–H and O–H groups in total. The molecule has 0 amide bonds. The molecule has 4 nitrogen and oxygen atoms in total. The summed E-state index contributed by atoms with van der Waals surface area (Å²) in [6, 6.07) is 9.20. The lowest BCUT2D eigenvalue weighted by atomic mass is 10.1. The molecule has 0 aliphatic heterocycles. The highest BCUT2D eigenvalue weighted by molar-refractivity contribution is 9.10. The van der Waals surface area contributed by atoms with Crippen molar-refractivity contribution in [1.82, 2.24) is 10.2 Å². The Morgan fingerprint density at radius 2 is 2.18 bits per heavy atom. The summed E-state index contributed by atoms with van der Waals surface area (Å²) in [5.74, 6) is 0.983. The second-order valence-corrected chi connectivity index (χ2v) is 4.38. The molecule has 0 aliphatic rings. The van der Waals surface area contributed by atoms with Gasteiger partial charge in [0.05, 0.1) is 5.52 Å². The van der Waals surface area contributed by atoms with Crippen LogP contribution in [0.25, 0.3) is 22.2 Å². The van der Waals surface area contributed by atoms with E-state index >= 15 is 0 Å². The van der Waals surface area contributed by atoms with E-state index in [1.807, 2.05) is 18.2 Å². The molecule has 0 spiro atoms. The Labute approximate surface area is 105 Å². The van der Waals surface area contributed by atoms with Crippen LogP contribution >= 0.6 is 15.9 Å². The second-order valence-electron chi connectivity index (χ2n) is 3.59. The van der Waals surface area contributed by atoms with Gasteiger partial charge in [-0.25, -0.2) is 0 Å². The van der Waals surface area contributed by atoms with Crippen LogP contribution < -0.4 is 0 Å². The van der Waals surface area contributed by atoms with E-state index in [0.29, 0.717) is 17.8 Å². The maximum absolute atomic E-state index is 10.5. The Balaban J connectivity index is 2.14. The molecule has 0 atom stereocenters. The third-order valence-corrected chi connectivity index (χ3v) is 3.14. The molecule has 3 rings (SSSR count). The van der Waals surface area contributed by atoms with Crippen LogP contribution in [0.3, 0.4) is 0 Å². The van der Waals surface area contributed by atoms with Crippen molar-refractivity contribution in [2.45, 2.75) is 0 Å². The number of aromatic nitrogens is 2. The maximum Gasteiger partial charge on any atom is 0.185 e. The fourth-order valence-corrected chi connectivity index (χ4v) is 2.13. The molecular formula is C12H7BrN2O2. The monoisotopic (exact) mass is 290 g/mol. The Morgan fingerprint density at radius 1 is 1.29 bits per heavy atom. The molecule has 17 heavy (non-hydrogen) atoms. The first-order chi connectivity index (χ1) is 8.28. The largest absolute Gasteiger partial charge is 0.453 e. The first-order valence-corrected chi connectivity index (χ1v) is 5.76. The highest BCUT2D eigenvalue weighted by Crippen LogP contribution is 2.27. The van der Waals surface area contributed by atoms with Crippen LogP contribution in [0.1, 0.15) is 10.6 Å². The molecule has 0 saturated carbocycles. The predicted molar refractivity (Wildman–Crippen MR) is 66.9 cm³/mol. The molecule has 0 aliphatic carbocycles. The van der Waals surface area contributed by atoms with Crippen molar-refractivity contribution in [3.8, 4) is 11.3 Å². The molecule has 2 aromatic heterocycles. The average molecular weight is 291 g/mol. The van der Waals surface area contributed by atoms with Crippen molar-refractivity contribution in [3.05, 3.63) is 40.7 Å². The van der Waals surface area contributed by atoms with E-state index in [2.05, 4.69) is 26.1 Å². The summed E-state index contributed by atoms with van der Waals surface area (Å²) in [6.45, 7) is 0. The van der Waals surface area contributed by atoms with Crippen molar-refractivity contribution >= 4 is 33.1 Å². The first kappa shape index (κ1) is 10.3. The molecule has 3 aromatic rings. The minimum Gasteiger partial charge on any atom is -0.453 e. The van der Waals surface area contributed by atoms with E-state index in [1.54, 1.807) is 12.1 Å². The van der Waals surface area contributed by atoms with Crippen LogP contribution in [0, 0.1) is 0 Å². The van der Waals surface area contributed by atoms with Gasteiger partial charge >= 0.3 is 0 Å². The number of fused-ring (bicyclic) bond motifs is 1. The SMILES string of the molecule is O=Cc1ccc(-c2ccc3c(Br)[nH]nc3c2)o1. The van der Waals surface area contributed by atoms with Gasteiger partial charge in [-0.3, -0.25) is 9.89 Å². The first-order valence-electron chi connectivity index (χ1n) is 4.97. The molecule has 0 fully saturated rings. The molecule has 1 aromatic carbocycles. The number of hydrogen-bond acceptors (Lipinski definition) is 3. The summed E-state index contributed by atoms with van der Waals surface area (Å²) in [5.41, 5.74) is 1.74. The van der Waals surface area contributed by atoms with Gasteiger partial charge in [0.15, 0.2) is 12.0 Å². The molecular weight excluding hydrogens is 284 g/mol. The van der Waals surface area contributed by atoms with Gasteiger partial charge in [0, 0.05) is 10.9 Å². The number of hydrogen-bond donors (Lipinski definition) is 1. The van der Waals surface area contributed by atoms with Crippen LogP contribution in [0.15, 0.2) is 39.4 Å². The maximum atomic E-state index is 10.5. The van der Waals surface area contributed by atoms with Gasteiger partial charge in [-0.05, 0) is 40.2 Å². The highest BCUT2D eigenvalue weighted by Gasteiger charge is 2.07. The number of H-pyrrole nitrogens is 1. The van der Waals surface area contributed by atoms with Gasteiger partial charge in [0.2, 0.25) is 0 Å². The number of aromatic amines is 1. The number of rotatable bonds is 2. The number of carbonyl (C=O) groups is 1. The fourth-order valence-electron chi connectivity index (χ4n) is 1.70. The summed E-state index contributed by atoms with van der Waals surface area (Å²) in [4.78, 5) is 10.5. The second kappa shape index (κ2) is 3.85. The number of benzene rings is 1. The average Bonchev–Trinajstić information content (AvgIpc) is 2.96. The summed E-state index contributed by atoms with van der Waals surface area (Å²) < 4.78 is 6.21. The Kier molecular flexibility index (Phi) is 2.33. The zero-order chi connectivity index (χ0) is 11.8. The van der Waals surface area contributed by atoms with Gasteiger partial charge in [0.1, 0.15) is 10.4 Å². The smallest absolute Gasteiger partial charge is 0.185 e. The zero-order valence-electron chi connectivity index (χ0n) is 8.61. The summed E-state index contributed by atoms with van der Waals surface area (Å²) in [7, 11) is 0. The lowest BCUT2D eigenvalue weighted by molar-refractivity contribution is 0.110. The van der Waals surface area contributed by atoms with Crippen LogP contribution in [-0.2, 0) is 0 Å². The molecule has 0 radical (unpaired) electrons. The van der Waals surface area contributed by atoms with Crippen molar-refractivity contribution in [2.75, 3.05) is 0 Å². The third-order valence-electron chi connectivity index (χ3n) is 2.54. The van der Waals surface area contributed by atoms with E-state index in [1.165, 1.54) is 0 Å². The number of halogens is 1. The Bertz CT molecular complexity index is 699. The minimum absolute atomic E-state index is 0.323. The molecule has 84 valence electrons. The zero-order valence-corrected chi connectivity index (χ0v) is 10.2. The summed E-state index contributed by atoms with van der Waals surface area (Å²) in [6.07, 6.45) is 0.688. The number of nitrogens with one attached hydrogen (secondary N) is 1. The number of furan rings is 1. The third kappa shape index (κ3) is 1.68. The van der Waals surface area contributed by atoms with Crippen LogP contribution in [0.5, 0.6) is 0 Å². The Morgan fingerprint density at radius 3 is 2.94 bits per heavy atom. The minimum atomic E-state index is 0.323. The van der Waals surface area contributed by atoms with Gasteiger partial charge in [0.25, 0.3) is 0 Å². The molecule has 2 heterocycles. The normalized spacial score (nSPS) is 10.9. The lowest BCUT2D eigenvalue weighted by Gasteiger charge is -1.96. The standard InChI is InChI=1S/C12H7BrN2O2/c13-12-9-3-1-7(5-10(9)14-15-12)11-4-2-8(6-16)17-11/h1-6H,(H,14,15). The molecule has 5 heteroatoms. The van der Waals surface area contributed by atoms with Crippen LogP contribution in [0.4, 0.5) is 0 Å². The van der Waals surface area contributed by atoms with Crippen LogP contribution in [0.2, 0.25) is 0 Å². The van der Waals surface area contributed by atoms with Crippen molar-refractivity contribution < 1.29 is 9.21 Å². The van der Waals surface area contributed by atoms with Gasteiger partial charge < -0.3 is 4.42 Å². The van der Waals surface area contributed by atoms with Crippen LogP contribution in [-0.4, -0.2) is 16.5 Å².